The third-order valence-electron chi connectivity index (χ3n) is 5.55. The molecule has 0 aromatic heterocycles. The molecule has 4 rings (SSSR count). The predicted molar refractivity (Wildman–Crippen MR) is 95.7 cm³/mol. The highest BCUT2D eigenvalue weighted by atomic mass is 19.1. The van der Waals surface area contributed by atoms with Gasteiger partial charge in [0.2, 0.25) is 0 Å². The lowest BCUT2D eigenvalue weighted by molar-refractivity contribution is 0.0824. The number of carbonyl (C=O) groups excluding carboxylic acids is 1. The van der Waals surface area contributed by atoms with E-state index in [1.165, 1.54) is 24.5 Å². The summed E-state index contributed by atoms with van der Waals surface area (Å²) in [7, 11) is 0. The highest BCUT2D eigenvalue weighted by Gasteiger charge is 2.41. The van der Waals surface area contributed by atoms with E-state index < -0.39 is 5.82 Å². The van der Waals surface area contributed by atoms with Gasteiger partial charge in [-0.25, -0.2) is 4.39 Å². The van der Waals surface area contributed by atoms with Gasteiger partial charge in [0.05, 0.1) is 5.56 Å². The molecule has 2 atom stereocenters. The van der Waals surface area contributed by atoms with E-state index in [0.717, 1.165) is 19.4 Å². The first-order valence-electron chi connectivity index (χ1n) is 9.06. The first kappa shape index (κ1) is 16.3. The van der Waals surface area contributed by atoms with Crippen LogP contribution in [0.15, 0.2) is 54.6 Å². The van der Waals surface area contributed by atoms with E-state index >= 15 is 0 Å². The molecule has 2 bridgehead atoms. The number of nitrogens with zero attached hydrogens (tertiary/aromatic N) is 1. The average molecular weight is 338 g/mol. The van der Waals surface area contributed by atoms with Crippen LogP contribution in [-0.2, 0) is 6.54 Å². The number of benzene rings is 2. The maximum absolute atomic E-state index is 13.8. The van der Waals surface area contributed by atoms with Gasteiger partial charge < -0.3 is 5.32 Å². The monoisotopic (exact) mass is 338 g/mol. The number of carbonyl (C=O) groups is 1. The van der Waals surface area contributed by atoms with E-state index in [-0.39, 0.29) is 17.5 Å². The molecule has 0 saturated carbocycles. The summed E-state index contributed by atoms with van der Waals surface area (Å²) < 4.78 is 13.8. The van der Waals surface area contributed by atoms with E-state index in [1.807, 2.05) is 6.07 Å². The molecule has 2 aliphatic rings. The van der Waals surface area contributed by atoms with Crippen LogP contribution in [0.3, 0.4) is 0 Å². The second-order valence-corrected chi connectivity index (χ2v) is 7.16. The Morgan fingerprint density at radius 1 is 1.00 bits per heavy atom. The Balaban J connectivity index is 1.40. The number of hydrogen-bond donors (Lipinski definition) is 1. The van der Waals surface area contributed by atoms with Crippen molar-refractivity contribution in [3.05, 3.63) is 71.5 Å². The summed E-state index contributed by atoms with van der Waals surface area (Å²) in [6.45, 7) is 0.976. The lowest BCUT2D eigenvalue weighted by Crippen LogP contribution is -2.50. The highest BCUT2D eigenvalue weighted by molar-refractivity contribution is 5.94. The van der Waals surface area contributed by atoms with E-state index in [0.29, 0.717) is 12.1 Å². The molecule has 3 nitrogen and oxygen atoms in total. The second-order valence-electron chi connectivity index (χ2n) is 7.16. The molecule has 130 valence electrons. The average Bonchev–Trinajstić information content (AvgIpc) is 2.85. The van der Waals surface area contributed by atoms with Crippen molar-refractivity contribution in [2.24, 2.45) is 0 Å². The molecular weight excluding hydrogens is 315 g/mol. The molecule has 2 unspecified atom stereocenters. The van der Waals surface area contributed by atoms with Gasteiger partial charge in [-0.1, -0.05) is 42.5 Å². The van der Waals surface area contributed by atoms with Crippen molar-refractivity contribution in [1.82, 2.24) is 10.2 Å². The summed E-state index contributed by atoms with van der Waals surface area (Å²) in [6, 6.07) is 17.9. The van der Waals surface area contributed by atoms with E-state index in [1.54, 1.807) is 18.2 Å². The van der Waals surface area contributed by atoms with Gasteiger partial charge in [0.15, 0.2) is 0 Å². The van der Waals surface area contributed by atoms with Gasteiger partial charge in [0, 0.05) is 24.7 Å². The Bertz CT molecular complexity index is 735. The third-order valence-corrected chi connectivity index (χ3v) is 5.55. The normalized spacial score (nSPS) is 25.7. The van der Waals surface area contributed by atoms with Gasteiger partial charge in [-0.15, -0.1) is 0 Å². The molecule has 0 radical (unpaired) electrons. The number of hydrogen-bond acceptors (Lipinski definition) is 2. The lowest BCUT2D eigenvalue weighted by Gasteiger charge is -2.39. The number of rotatable bonds is 4. The van der Waals surface area contributed by atoms with Crippen LogP contribution in [0.5, 0.6) is 0 Å². The SMILES string of the molecule is O=C(NC1CC2CCC(C1)N2Cc1ccccc1)c1ccccc1F. The van der Waals surface area contributed by atoms with E-state index in [9.17, 15) is 9.18 Å². The predicted octanol–water partition coefficient (Wildman–Crippen LogP) is 3.75. The molecule has 1 N–H and O–H groups in total. The minimum absolute atomic E-state index is 0.136. The van der Waals surface area contributed by atoms with Crippen LogP contribution in [0.25, 0.3) is 0 Å². The maximum Gasteiger partial charge on any atom is 0.254 e. The fourth-order valence-corrected chi connectivity index (χ4v) is 4.35. The van der Waals surface area contributed by atoms with Gasteiger partial charge in [0.1, 0.15) is 5.82 Å². The fourth-order valence-electron chi connectivity index (χ4n) is 4.35. The molecule has 2 aliphatic heterocycles. The summed E-state index contributed by atoms with van der Waals surface area (Å²) in [4.78, 5) is 15.0. The van der Waals surface area contributed by atoms with Gasteiger partial charge in [-0.05, 0) is 43.4 Å². The van der Waals surface area contributed by atoms with Crippen molar-refractivity contribution in [2.75, 3.05) is 0 Å². The number of halogens is 1. The number of nitrogens with one attached hydrogen (secondary N) is 1. The Hall–Kier alpha value is -2.20. The van der Waals surface area contributed by atoms with Crippen molar-refractivity contribution < 1.29 is 9.18 Å². The van der Waals surface area contributed by atoms with Crippen LogP contribution in [0.1, 0.15) is 41.6 Å². The summed E-state index contributed by atoms with van der Waals surface area (Å²) in [5, 5.41) is 3.06. The zero-order valence-corrected chi connectivity index (χ0v) is 14.2. The van der Waals surface area contributed by atoms with Crippen LogP contribution in [0.4, 0.5) is 4.39 Å². The zero-order valence-electron chi connectivity index (χ0n) is 14.2. The second kappa shape index (κ2) is 6.96. The standard InChI is InChI=1S/C21H23FN2O/c22-20-9-5-4-8-19(20)21(25)23-16-12-17-10-11-18(13-16)24(17)14-15-6-2-1-3-7-15/h1-9,16-18H,10-14H2,(H,23,25). The van der Waals surface area contributed by atoms with Gasteiger partial charge in [-0.3, -0.25) is 9.69 Å². The number of piperidine rings is 1. The molecule has 2 saturated heterocycles. The van der Waals surface area contributed by atoms with Gasteiger partial charge >= 0.3 is 0 Å². The van der Waals surface area contributed by atoms with Crippen molar-refractivity contribution in [2.45, 2.75) is 50.4 Å². The van der Waals surface area contributed by atoms with Gasteiger partial charge in [0.25, 0.3) is 5.91 Å². The van der Waals surface area contributed by atoms with Crippen molar-refractivity contribution >= 4 is 5.91 Å². The molecule has 1 amide bonds. The highest BCUT2D eigenvalue weighted by Crippen LogP contribution is 2.36. The molecule has 2 aromatic carbocycles. The first-order valence-corrected chi connectivity index (χ1v) is 9.06. The van der Waals surface area contributed by atoms with Crippen molar-refractivity contribution in [3.63, 3.8) is 0 Å². The lowest BCUT2D eigenvalue weighted by atomic mass is 9.96. The Morgan fingerprint density at radius 3 is 2.32 bits per heavy atom. The maximum atomic E-state index is 13.8. The van der Waals surface area contributed by atoms with Crippen LogP contribution in [0.2, 0.25) is 0 Å². The summed E-state index contributed by atoms with van der Waals surface area (Å²) in [5.74, 6) is -0.747. The Morgan fingerprint density at radius 2 is 1.64 bits per heavy atom. The molecule has 0 spiro atoms. The number of fused-ring (bicyclic) bond motifs is 2. The van der Waals surface area contributed by atoms with Crippen molar-refractivity contribution in [1.29, 1.82) is 0 Å². The summed E-state index contributed by atoms with van der Waals surface area (Å²) >= 11 is 0. The quantitative estimate of drug-likeness (QED) is 0.921. The topological polar surface area (TPSA) is 32.3 Å². The molecule has 25 heavy (non-hydrogen) atoms. The van der Waals surface area contributed by atoms with Gasteiger partial charge in [-0.2, -0.15) is 0 Å². The smallest absolute Gasteiger partial charge is 0.254 e. The minimum atomic E-state index is -0.454. The molecular formula is C21H23FN2O. The fraction of sp³-hybridized carbons (Fsp3) is 0.381. The van der Waals surface area contributed by atoms with Crippen LogP contribution >= 0.6 is 0 Å². The Labute approximate surface area is 147 Å². The summed E-state index contributed by atoms with van der Waals surface area (Å²) in [5.41, 5.74) is 1.48. The van der Waals surface area contributed by atoms with Crippen molar-refractivity contribution in [3.8, 4) is 0 Å². The van der Waals surface area contributed by atoms with Crippen LogP contribution < -0.4 is 5.32 Å². The third kappa shape index (κ3) is 3.45. The largest absolute Gasteiger partial charge is 0.349 e. The molecule has 2 fully saturated rings. The zero-order chi connectivity index (χ0) is 17.2. The summed E-state index contributed by atoms with van der Waals surface area (Å²) in [6.07, 6.45) is 4.26. The molecule has 4 heteroatoms. The molecule has 2 aromatic rings. The number of amides is 1. The minimum Gasteiger partial charge on any atom is -0.349 e. The molecule has 2 heterocycles. The van der Waals surface area contributed by atoms with E-state index in [2.05, 4.69) is 34.5 Å². The van der Waals surface area contributed by atoms with Crippen LogP contribution in [-0.4, -0.2) is 28.9 Å². The molecule has 0 aliphatic carbocycles. The van der Waals surface area contributed by atoms with E-state index in [4.69, 9.17) is 0 Å². The Kier molecular flexibility index (Phi) is 4.53. The van der Waals surface area contributed by atoms with Crippen LogP contribution in [0, 0.1) is 5.82 Å². The first-order chi connectivity index (χ1) is 12.2.